The number of nitrogens with zero attached hydrogens (tertiary/aromatic N) is 3. The fraction of sp³-hybridized carbons (Fsp3) is 0.667. The number of carbonyl (C=O) groups excluding carboxylic acids is 1. The standard InChI is InChI=1S/C21H28N4OS/c26-21(18-13-16-5-3-1-2-4-6-17(16)27-18)25-11-9-15(10-12-25)20-22-19(23-24-20)14-7-8-14/h13-15H,1-12H2,(H,22,23,24). The quantitative estimate of drug-likeness (QED) is 0.852. The number of rotatable bonds is 3. The Kier molecular flexibility index (Phi) is 4.76. The summed E-state index contributed by atoms with van der Waals surface area (Å²) in [7, 11) is 0. The number of piperidine rings is 1. The summed E-state index contributed by atoms with van der Waals surface area (Å²) in [6, 6.07) is 2.19. The average molecular weight is 385 g/mol. The van der Waals surface area contributed by atoms with Crippen molar-refractivity contribution < 1.29 is 4.79 Å². The van der Waals surface area contributed by atoms with Crippen LogP contribution in [0.15, 0.2) is 6.07 Å². The SMILES string of the molecule is O=C(c1cc2c(s1)CCCCCC2)N1CCC(c2nc(C3CC3)n[nH]2)CC1. The van der Waals surface area contributed by atoms with Crippen LogP contribution in [0.1, 0.15) is 95.0 Å². The van der Waals surface area contributed by atoms with Crippen molar-refractivity contribution in [1.29, 1.82) is 0 Å². The first-order valence-corrected chi connectivity index (χ1v) is 11.4. The summed E-state index contributed by atoms with van der Waals surface area (Å²) in [5.41, 5.74) is 1.44. The number of hydrogen-bond donors (Lipinski definition) is 1. The molecular formula is C21H28N4OS. The van der Waals surface area contributed by atoms with Gasteiger partial charge in [0.15, 0.2) is 5.82 Å². The molecule has 5 rings (SSSR count). The van der Waals surface area contributed by atoms with Crippen molar-refractivity contribution in [3.63, 3.8) is 0 Å². The Bertz CT molecular complexity index is 789. The molecule has 0 spiro atoms. The lowest BCUT2D eigenvalue weighted by Crippen LogP contribution is -2.37. The number of hydrogen-bond acceptors (Lipinski definition) is 4. The number of carbonyl (C=O) groups is 1. The number of aryl methyl sites for hydroxylation is 2. The maximum atomic E-state index is 13.0. The van der Waals surface area contributed by atoms with E-state index in [0.717, 1.165) is 55.3 Å². The largest absolute Gasteiger partial charge is 0.338 e. The first-order valence-electron chi connectivity index (χ1n) is 10.6. The number of aromatic nitrogens is 3. The molecule has 2 aliphatic carbocycles. The van der Waals surface area contributed by atoms with Crippen molar-refractivity contribution >= 4 is 17.2 Å². The summed E-state index contributed by atoms with van der Waals surface area (Å²) in [5.74, 6) is 3.27. The molecular weight excluding hydrogens is 356 g/mol. The molecule has 1 saturated carbocycles. The van der Waals surface area contributed by atoms with E-state index in [9.17, 15) is 4.79 Å². The predicted octanol–water partition coefficient (Wildman–Crippen LogP) is 4.42. The third kappa shape index (κ3) is 3.68. The van der Waals surface area contributed by atoms with Crippen LogP contribution in [0, 0.1) is 0 Å². The Hall–Kier alpha value is -1.69. The summed E-state index contributed by atoms with van der Waals surface area (Å²) < 4.78 is 0. The van der Waals surface area contributed by atoms with Crippen LogP contribution in [0.5, 0.6) is 0 Å². The van der Waals surface area contributed by atoms with Crippen molar-refractivity contribution in [2.24, 2.45) is 0 Å². The molecule has 0 radical (unpaired) electrons. The predicted molar refractivity (Wildman–Crippen MR) is 106 cm³/mol. The zero-order valence-electron chi connectivity index (χ0n) is 15.9. The average Bonchev–Trinajstić information content (AvgIpc) is 3.28. The monoisotopic (exact) mass is 384 g/mol. The van der Waals surface area contributed by atoms with Gasteiger partial charge in [-0.15, -0.1) is 11.3 Å². The first kappa shape index (κ1) is 17.4. The molecule has 0 atom stereocenters. The molecule has 0 bridgehead atoms. The fourth-order valence-corrected chi connectivity index (χ4v) is 5.68. The van der Waals surface area contributed by atoms with Gasteiger partial charge in [0.05, 0.1) is 4.88 Å². The molecule has 2 aromatic rings. The van der Waals surface area contributed by atoms with Gasteiger partial charge in [0, 0.05) is 29.8 Å². The molecule has 144 valence electrons. The topological polar surface area (TPSA) is 61.9 Å². The molecule has 1 aliphatic heterocycles. The molecule has 6 heteroatoms. The van der Waals surface area contributed by atoms with Crippen LogP contribution in [0.4, 0.5) is 0 Å². The number of thiophene rings is 1. The molecule has 2 fully saturated rings. The lowest BCUT2D eigenvalue weighted by Gasteiger charge is -2.30. The second kappa shape index (κ2) is 7.38. The molecule has 1 saturated heterocycles. The Labute approximate surface area is 164 Å². The van der Waals surface area contributed by atoms with Gasteiger partial charge in [-0.2, -0.15) is 5.10 Å². The van der Waals surface area contributed by atoms with Gasteiger partial charge in [0.2, 0.25) is 0 Å². The minimum absolute atomic E-state index is 0.237. The van der Waals surface area contributed by atoms with Crippen LogP contribution in [-0.4, -0.2) is 39.1 Å². The molecule has 0 unspecified atom stereocenters. The lowest BCUT2D eigenvalue weighted by molar-refractivity contribution is 0.0716. The van der Waals surface area contributed by atoms with Gasteiger partial charge in [-0.25, -0.2) is 4.98 Å². The molecule has 0 aromatic carbocycles. The molecule has 5 nitrogen and oxygen atoms in total. The van der Waals surface area contributed by atoms with Gasteiger partial charge in [0.1, 0.15) is 5.82 Å². The van der Waals surface area contributed by atoms with Crippen molar-refractivity contribution in [1.82, 2.24) is 20.1 Å². The van der Waals surface area contributed by atoms with Gasteiger partial charge < -0.3 is 4.90 Å². The molecule has 27 heavy (non-hydrogen) atoms. The van der Waals surface area contributed by atoms with Gasteiger partial charge in [-0.1, -0.05) is 12.8 Å². The third-order valence-corrected chi connectivity index (χ3v) is 7.56. The van der Waals surface area contributed by atoms with Gasteiger partial charge in [-0.05, 0) is 63.0 Å². The lowest BCUT2D eigenvalue weighted by atomic mass is 9.96. The van der Waals surface area contributed by atoms with E-state index in [1.165, 1.54) is 49.0 Å². The van der Waals surface area contributed by atoms with Crippen molar-refractivity contribution in [3.8, 4) is 0 Å². The van der Waals surface area contributed by atoms with Gasteiger partial charge in [0.25, 0.3) is 5.91 Å². The van der Waals surface area contributed by atoms with E-state index in [1.54, 1.807) is 11.3 Å². The third-order valence-electron chi connectivity index (χ3n) is 6.34. The Morgan fingerprint density at radius 2 is 1.81 bits per heavy atom. The van der Waals surface area contributed by atoms with Crippen molar-refractivity contribution in [2.75, 3.05) is 13.1 Å². The highest BCUT2D eigenvalue weighted by Crippen LogP contribution is 2.39. The molecule has 2 aromatic heterocycles. The Morgan fingerprint density at radius 1 is 1.04 bits per heavy atom. The van der Waals surface area contributed by atoms with E-state index >= 15 is 0 Å². The number of H-pyrrole nitrogens is 1. The van der Waals surface area contributed by atoms with E-state index in [1.807, 2.05) is 4.90 Å². The van der Waals surface area contributed by atoms with Crippen molar-refractivity contribution in [3.05, 3.63) is 33.0 Å². The summed E-state index contributed by atoms with van der Waals surface area (Å²) in [6.45, 7) is 1.65. The molecule has 3 aliphatic rings. The Morgan fingerprint density at radius 3 is 2.59 bits per heavy atom. The molecule has 3 heterocycles. The van der Waals surface area contributed by atoms with Crippen LogP contribution in [0.25, 0.3) is 0 Å². The second-order valence-corrected chi connectivity index (χ2v) is 9.53. The van der Waals surface area contributed by atoms with Crippen LogP contribution in [-0.2, 0) is 12.8 Å². The van der Waals surface area contributed by atoms with Gasteiger partial charge >= 0.3 is 0 Å². The zero-order valence-corrected chi connectivity index (χ0v) is 16.7. The van der Waals surface area contributed by atoms with E-state index < -0.39 is 0 Å². The summed E-state index contributed by atoms with van der Waals surface area (Å²) >= 11 is 1.75. The van der Waals surface area contributed by atoms with E-state index in [0.29, 0.717) is 11.8 Å². The smallest absolute Gasteiger partial charge is 0.263 e. The van der Waals surface area contributed by atoms with E-state index in [-0.39, 0.29) is 5.91 Å². The number of nitrogens with one attached hydrogen (secondary N) is 1. The summed E-state index contributed by atoms with van der Waals surface area (Å²) in [5, 5.41) is 7.55. The zero-order chi connectivity index (χ0) is 18.2. The highest BCUT2D eigenvalue weighted by Gasteiger charge is 2.31. The number of fused-ring (bicyclic) bond motifs is 1. The minimum atomic E-state index is 0.237. The maximum absolute atomic E-state index is 13.0. The highest BCUT2D eigenvalue weighted by atomic mass is 32.1. The number of aromatic amines is 1. The Balaban J connectivity index is 1.22. The summed E-state index contributed by atoms with van der Waals surface area (Å²) in [6.07, 6.45) is 11.9. The van der Waals surface area contributed by atoms with Crippen LogP contribution in [0.3, 0.4) is 0 Å². The van der Waals surface area contributed by atoms with Crippen molar-refractivity contribution in [2.45, 2.75) is 76.0 Å². The van der Waals surface area contributed by atoms with Crippen LogP contribution < -0.4 is 0 Å². The van der Waals surface area contributed by atoms with E-state index in [2.05, 4.69) is 16.3 Å². The number of likely N-dealkylation sites (tertiary alicyclic amines) is 1. The molecule has 1 N–H and O–H groups in total. The molecule has 1 amide bonds. The normalized spacial score (nSPS) is 21.6. The van der Waals surface area contributed by atoms with Gasteiger partial charge in [-0.3, -0.25) is 9.89 Å². The van der Waals surface area contributed by atoms with Crippen LogP contribution in [0.2, 0.25) is 0 Å². The van der Waals surface area contributed by atoms with E-state index in [4.69, 9.17) is 4.98 Å². The first-order chi connectivity index (χ1) is 13.3. The second-order valence-electron chi connectivity index (χ2n) is 8.39. The highest BCUT2D eigenvalue weighted by molar-refractivity contribution is 7.14. The fourth-order valence-electron chi connectivity index (χ4n) is 4.46. The van der Waals surface area contributed by atoms with Crippen LogP contribution >= 0.6 is 11.3 Å². The summed E-state index contributed by atoms with van der Waals surface area (Å²) in [4.78, 5) is 22.2. The number of amides is 1. The minimum Gasteiger partial charge on any atom is -0.338 e. The maximum Gasteiger partial charge on any atom is 0.263 e.